The number of nitrogens with zero attached hydrogens (tertiary/aromatic N) is 8. The average molecular weight is 745 g/mol. The number of ether oxygens (including phenoxy) is 3. The van der Waals surface area contributed by atoms with Crippen molar-refractivity contribution < 1.29 is 37.1 Å². The molecule has 1 unspecified atom stereocenters. The molecule has 3 aromatic rings. The van der Waals surface area contributed by atoms with Crippen LogP contribution in [-0.2, 0) is 39.0 Å². The molecule has 0 aliphatic carbocycles. The fourth-order valence-corrected chi connectivity index (χ4v) is 6.69. The van der Waals surface area contributed by atoms with E-state index in [2.05, 4.69) is 30.0 Å². The Morgan fingerprint density at radius 3 is 2.12 bits per heavy atom. The van der Waals surface area contributed by atoms with Gasteiger partial charge in [-0.15, -0.1) is 0 Å². The van der Waals surface area contributed by atoms with Crippen molar-refractivity contribution in [2.24, 2.45) is 10.2 Å². The van der Waals surface area contributed by atoms with Gasteiger partial charge in [0.15, 0.2) is 0 Å². The summed E-state index contributed by atoms with van der Waals surface area (Å²) < 4.78 is 50.3. The molecule has 23 heteroatoms. The van der Waals surface area contributed by atoms with Gasteiger partial charge >= 0.3 is 25.2 Å². The van der Waals surface area contributed by atoms with Crippen LogP contribution in [0, 0.1) is 13.8 Å². The molecule has 2 aliphatic heterocycles. The van der Waals surface area contributed by atoms with Gasteiger partial charge in [0.05, 0.1) is 44.1 Å². The van der Waals surface area contributed by atoms with Crippen LogP contribution < -0.4 is 27.2 Å². The minimum atomic E-state index is -4.55. The maximum Gasteiger partial charge on any atom is 0.475 e. The van der Waals surface area contributed by atoms with Crippen molar-refractivity contribution in [2.75, 3.05) is 13.2 Å². The van der Waals surface area contributed by atoms with Gasteiger partial charge in [-0.05, 0) is 49.0 Å². The Bertz CT molecular complexity index is 2190. The van der Waals surface area contributed by atoms with Crippen molar-refractivity contribution in [3.8, 4) is 5.75 Å². The number of azide groups is 2. The summed E-state index contributed by atoms with van der Waals surface area (Å²) in [4.78, 5) is 70.2. The van der Waals surface area contributed by atoms with Crippen LogP contribution >= 0.6 is 7.82 Å². The van der Waals surface area contributed by atoms with Crippen LogP contribution in [0.15, 0.2) is 66.1 Å². The Balaban J connectivity index is 1.34. The maximum absolute atomic E-state index is 14.1. The van der Waals surface area contributed by atoms with E-state index >= 15 is 0 Å². The topological polar surface area (TPSA) is 297 Å². The highest BCUT2D eigenvalue weighted by atomic mass is 31.2. The Morgan fingerprint density at radius 2 is 1.48 bits per heavy atom. The molecule has 22 nitrogen and oxygen atoms in total. The maximum atomic E-state index is 14.1. The van der Waals surface area contributed by atoms with Gasteiger partial charge in [0.2, 0.25) is 0 Å². The third-order valence-corrected chi connectivity index (χ3v) is 9.41. The van der Waals surface area contributed by atoms with Gasteiger partial charge in [-0.25, -0.2) is 14.2 Å². The molecule has 0 spiro atoms. The number of benzene rings is 1. The second-order valence-electron chi connectivity index (χ2n) is 11.8. The molecular weight excluding hydrogens is 711 g/mol. The zero-order chi connectivity index (χ0) is 37.6. The quantitative estimate of drug-likeness (QED) is 0.0601. The summed E-state index contributed by atoms with van der Waals surface area (Å²) in [5.41, 5.74) is 16.5. The summed E-state index contributed by atoms with van der Waals surface area (Å²) in [6.45, 7) is 2.93. The normalized spacial score (nSPS) is 23.7. The van der Waals surface area contributed by atoms with Crippen LogP contribution in [-0.4, -0.2) is 62.6 Å². The van der Waals surface area contributed by atoms with E-state index in [0.29, 0.717) is 5.56 Å². The fourth-order valence-electron chi connectivity index (χ4n) is 5.48. The number of nitrogens with one attached hydrogen (secondary N) is 2. The first-order valence-corrected chi connectivity index (χ1v) is 17.1. The molecule has 2 N–H and O–H groups in total. The number of aryl methyl sites for hydroxylation is 2. The van der Waals surface area contributed by atoms with Gasteiger partial charge in [-0.2, -0.15) is 0 Å². The number of H-pyrrole nitrogens is 2. The van der Waals surface area contributed by atoms with E-state index in [1.165, 1.54) is 45.3 Å². The zero-order valence-corrected chi connectivity index (χ0v) is 28.8. The largest absolute Gasteiger partial charge is 0.475 e. The lowest BCUT2D eigenvalue weighted by Gasteiger charge is -2.23. The first-order chi connectivity index (χ1) is 24.8. The summed E-state index contributed by atoms with van der Waals surface area (Å²) in [5.74, 6) is -0.258. The number of hydrogen-bond donors (Lipinski definition) is 2. The second-order valence-corrected chi connectivity index (χ2v) is 13.5. The molecule has 2 aliphatic rings. The van der Waals surface area contributed by atoms with Crippen molar-refractivity contribution in [3.05, 3.63) is 116 Å². The summed E-state index contributed by atoms with van der Waals surface area (Å²) in [7, 11) is -4.55. The summed E-state index contributed by atoms with van der Waals surface area (Å²) >= 11 is 0. The highest BCUT2D eigenvalue weighted by Gasteiger charge is 2.41. The number of rotatable bonds is 14. The molecule has 2 saturated heterocycles. The Kier molecular flexibility index (Phi) is 11.9. The van der Waals surface area contributed by atoms with E-state index in [4.69, 9.17) is 33.3 Å². The molecule has 1 aromatic carbocycles. The van der Waals surface area contributed by atoms with E-state index in [1.54, 1.807) is 12.1 Å². The van der Waals surface area contributed by atoms with Crippen LogP contribution in [0.5, 0.6) is 5.75 Å². The number of hydrogen-bond acceptors (Lipinski definition) is 14. The molecular formula is C29H33N10O12P. The minimum Gasteiger partial charge on any atom is -0.427 e. The fraction of sp³-hybridized carbons (Fsp3) is 0.483. The number of esters is 1. The predicted octanol–water partition coefficient (Wildman–Crippen LogP) is 2.92. The Hall–Kier alpha value is -5.30. The smallest absolute Gasteiger partial charge is 0.427 e. The lowest BCUT2D eigenvalue weighted by Crippen LogP contribution is -2.36. The van der Waals surface area contributed by atoms with Crippen LogP contribution in [0.2, 0.25) is 0 Å². The average Bonchev–Trinajstić information content (AvgIpc) is 3.69. The second kappa shape index (κ2) is 16.4. The van der Waals surface area contributed by atoms with Crippen LogP contribution in [0.4, 0.5) is 0 Å². The van der Waals surface area contributed by atoms with E-state index in [9.17, 15) is 34.1 Å². The van der Waals surface area contributed by atoms with Gasteiger partial charge in [-0.1, -0.05) is 22.4 Å². The molecule has 0 amide bonds. The lowest BCUT2D eigenvalue weighted by molar-refractivity contribution is -0.131. The number of phosphoric acid groups is 1. The van der Waals surface area contributed by atoms with Crippen molar-refractivity contribution in [1.29, 1.82) is 0 Å². The SMILES string of the molecule is CC(=O)Oc1ccc(COP(=O)(OC[C@@H]2C[C@@H](N=[N+]=[N-])[C@H](n3cc(C)c(=O)[nH]c3=O)O2)OC[C@H]2O[C@@H](n3cc(C)c(=O)[nH]c3=O)C[C@@H]2N=[N+]=[N-])cc1. The Labute approximate surface area is 292 Å². The lowest BCUT2D eigenvalue weighted by atomic mass is 10.1. The predicted molar refractivity (Wildman–Crippen MR) is 177 cm³/mol. The number of phosphoric ester groups is 1. The first kappa shape index (κ1) is 37.9. The molecule has 0 radical (unpaired) electrons. The highest BCUT2D eigenvalue weighted by Crippen LogP contribution is 2.52. The van der Waals surface area contributed by atoms with E-state index < -0.39 is 86.3 Å². The van der Waals surface area contributed by atoms with Crippen molar-refractivity contribution in [2.45, 2.75) is 77.0 Å². The van der Waals surface area contributed by atoms with Gasteiger partial charge in [0.25, 0.3) is 11.1 Å². The van der Waals surface area contributed by atoms with Gasteiger partial charge < -0.3 is 14.2 Å². The molecule has 4 heterocycles. The summed E-state index contributed by atoms with van der Waals surface area (Å²) in [5, 5.41) is 7.45. The molecule has 0 saturated carbocycles. The van der Waals surface area contributed by atoms with Crippen molar-refractivity contribution in [1.82, 2.24) is 19.1 Å². The third kappa shape index (κ3) is 9.13. The molecule has 5 rings (SSSR count). The summed E-state index contributed by atoms with van der Waals surface area (Å²) in [6.07, 6.45) is -1.52. The molecule has 0 bridgehead atoms. The highest BCUT2D eigenvalue weighted by molar-refractivity contribution is 7.48. The molecule has 2 aromatic heterocycles. The number of carbonyl (C=O) groups excluding carboxylic acids is 1. The summed E-state index contributed by atoms with van der Waals surface area (Å²) in [6, 6.07) is 4.26. The number of aromatic amines is 2. The van der Waals surface area contributed by atoms with Gasteiger partial charge in [0, 0.05) is 46.7 Å². The Morgan fingerprint density at radius 1 is 0.885 bits per heavy atom. The molecule has 2 fully saturated rings. The van der Waals surface area contributed by atoms with E-state index in [1.807, 2.05) is 0 Å². The number of carbonyl (C=O) groups is 1. The minimum absolute atomic E-state index is 0.00583. The van der Waals surface area contributed by atoms with Crippen molar-refractivity contribution >= 4 is 13.8 Å². The first-order valence-electron chi connectivity index (χ1n) is 15.6. The van der Waals surface area contributed by atoms with Crippen LogP contribution in [0.3, 0.4) is 0 Å². The number of aromatic nitrogens is 4. The van der Waals surface area contributed by atoms with Gasteiger partial charge in [-0.3, -0.25) is 47.1 Å². The van der Waals surface area contributed by atoms with E-state index in [0.717, 1.165) is 9.13 Å². The molecule has 52 heavy (non-hydrogen) atoms. The zero-order valence-electron chi connectivity index (χ0n) is 27.9. The monoisotopic (exact) mass is 744 g/mol. The van der Waals surface area contributed by atoms with E-state index in [-0.39, 0.29) is 36.3 Å². The van der Waals surface area contributed by atoms with Crippen LogP contribution in [0.25, 0.3) is 20.9 Å². The van der Waals surface area contributed by atoms with Gasteiger partial charge in [0.1, 0.15) is 18.2 Å². The third-order valence-electron chi connectivity index (χ3n) is 8.04. The van der Waals surface area contributed by atoms with Crippen molar-refractivity contribution in [3.63, 3.8) is 0 Å². The molecule has 276 valence electrons. The standard InChI is InChI=1S/C29H33N10O12P/c1-15-10-38(28(43)32-25(15)41)24-9-21(34-36-30)23(51-24)14-48-52(45,46-12-18-4-6-19(7-5-18)49-17(3)40)47-13-20-8-22(35-37-31)27(50-20)39-11-16(2)26(42)33-29(39)44/h4-7,10-11,20-24,27H,8-9,12-14H2,1-3H3,(H,32,41,43)(H,33,42,44)/t20-,21-,22+,23+,24+,27+,52?/m0/s1. The molecule has 7 atom stereocenters. The van der Waals surface area contributed by atoms with Crippen LogP contribution in [0.1, 0.15) is 48.9 Å².